The first-order chi connectivity index (χ1) is 9.18. The molecule has 6 nitrogen and oxygen atoms in total. The van der Waals surface area contributed by atoms with Crippen LogP contribution in [0.15, 0.2) is 0 Å². The van der Waals surface area contributed by atoms with E-state index in [0.717, 1.165) is 0 Å². The first-order valence-electron chi connectivity index (χ1n) is 6.79. The largest absolute Gasteiger partial charge is 0.469 e. The summed E-state index contributed by atoms with van der Waals surface area (Å²) < 4.78 is 4.59. The molecule has 0 spiro atoms. The molecule has 0 aromatic carbocycles. The van der Waals surface area contributed by atoms with Gasteiger partial charge in [-0.3, -0.25) is 14.4 Å². The van der Waals surface area contributed by atoms with Crippen molar-refractivity contribution in [3.8, 4) is 0 Å². The molecule has 0 heterocycles. The van der Waals surface area contributed by atoms with Gasteiger partial charge < -0.3 is 15.0 Å². The predicted octanol–water partition coefficient (Wildman–Crippen LogP) is 0.950. The van der Waals surface area contributed by atoms with E-state index < -0.39 is 5.41 Å². The summed E-state index contributed by atoms with van der Waals surface area (Å²) in [5, 5.41) is 2.69. The van der Waals surface area contributed by atoms with Crippen molar-refractivity contribution in [2.75, 3.05) is 26.7 Å². The molecule has 0 aliphatic carbocycles. The molecular weight excluding hydrogens is 260 g/mol. The van der Waals surface area contributed by atoms with Crippen molar-refractivity contribution in [2.24, 2.45) is 5.41 Å². The number of esters is 1. The van der Waals surface area contributed by atoms with Crippen LogP contribution < -0.4 is 5.32 Å². The lowest BCUT2D eigenvalue weighted by molar-refractivity contribution is -0.143. The molecular formula is C14H26N2O4. The van der Waals surface area contributed by atoms with Crippen molar-refractivity contribution in [1.29, 1.82) is 0 Å². The van der Waals surface area contributed by atoms with Crippen LogP contribution in [0.4, 0.5) is 0 Å². The Morgan fingerprint density at radius 3 is 2.20 bits per heavy atom. The minimum Gasteiger partial charge on any atom is -0.469 e. The summed E-state index contributed by atoms with van der Waals surface area (Å²) in [5.41, 5.74) is -0.496. The van der Waals surface area contributed by atoms with E-state index >= 15 is 0 Å². The number of nitrogens with zero attached hydrogens (tertiary/aromatic N) is 1. The zero-order chi connectivity index (χ0) is 15.8. The Labute approximate surface area is 120 Å². The number of methoxy groups -OCH3 is 1. The topological polar surface area (TPSA) is 75.7 Å². The Morgan fingerprint density at radius 2 is 1.75 bits per heavy atom. The van der Waals surface area contributed by atoms with Gasteiger partial charge in [-0.25, -0.2) is 0 Å². The van der Waals surface area contributed by atoms with Crippen LogP contribution in [-0.2, 0) is 19.1 Å². The Bertz CT molecular complexity index is 348. The lowest BCUT2D eigenvalue weighted by Gasteiger charge is -2.29. The van der Waals surface area contributed by atoms with E-state index in [-0.39, 0.29) is 24.2 Å². The summed E-state index contributed by atoms with van der Waals surface area (Å²) in [6.07, 6.45) is 0.834. The van der Waals surface area contributed by atoms with Gasteiger partial charge in [0.2, 0.25) is 11.8 Å². The number of nitrogens with one attached hydrogen (secondary N) is 1. The maximum atomic E-state index is 12.3. The minimum absolute atomic E-state index is 0.00997. The molecule has 0 aromatic rings. The van der Waals surface area contributed by atoms with Gasteiger partial charge in [-0.1, -0.05) is 20.8 Å². The summed E-state index contributed by atoms with van der Waals surface area (Å²) in [6, 6.07) is 0. The second-order valence-corrected chi connectivity index (χ2v) is 5.70. The van der Waals surface area contributed by atoms with Crippen LogP contribution in [0.3, 0.4) is 0 Å². The fraction of sp³-hybridized carbons (Fsp3) is 0.786. The molecule has 0 radical (unpaired) electrons. The Morgan fingerprint density at radius 1 is 1.15 bits per heavy atom. The average Bonchev–Trinajstić information content (AvgIpc) is 2.35. The van der Waals surface area contributed by atoms with Crippen molar-refractivity contribution >= 4 is 17.8 Å². The highest BCUT2D eigenvalue weighted by molar-refractivity contribution is 5.82. The third-order valence-electron chi connectivity index (χ3n) is 2.72. The van der Waals surface area contributed by atoms with Gasteiger partial charge >= 0.3 is 5.97 Å². The van der Waals surface area contributed by atoms with Crippen LogP contribution in [0.5, 0.6) is 0 Å². The average molecular weight is 286 g/mol. The highest BCUT2D eigenvalue weighted by atomic mass is 16.5. The molecule has 0 fully saturated rings. The standard InChI is InChI=1S/C14H26N2O4/c1-11(17)15-8-6-9-16(10-7-12(18)20-5)13(19)14(2,3)4/h6-10H2,1-5H3,(H,15,17). The number of carbonyl (C=O) groups is 3. The summed E-state index contributed by atoms with van der Waals surface area (Å²) >= 11 is 0. The molecule has 0 unspecified atom stereocenters. The third-order valence-corrected chi connectivity index (χ3v) is 2.72. The molecule has 116 valence electrons. The number of rotatable bonds is 7. The minimum atomic E-state index is -0.496. The van der Waals surface area contributed by atoms with E-state index in [1.807, 2.05) is 20.8 Å². The van der Waals surface area contributed by atoms with E-state index in [1.165, 1.54) is 14.0 Å². The highest BCUT2D eigenvalue weighted by Gasteiger charge is 2.27. The zero-order valence-electron chi connectivity index (χ0n) is 13.1. The van der Waals surface area contributed by atoms with Gasteiger partial charge in [-0.05, 0) is 6.42 Å². The quantitative estimate of drug-likeness (QED) is 0.558. The van der Waals surface area contributed by atoms with Gasteiger partial charge in [0.05, 0.1) is 13.5 Å². The van der Waals surface area contributed by atoms with Crippen molar-refractivity contribution in [3.05, 3.63) is 0 Å². The van der Waals surface area contributed by atoms with Gasteiger partial charge in [-0.15, -0.1) is 0 Å². The summed E-state index contributed by atoms with van der Waals surface area (Å²) in [4.78, 5) is 35.9. The third kappa shape index (κ3) is 7.76. The highest BCUT2D eigenvalue weighted by Crippen LogP contribution is 2.17. The number of amides is 2. The van der Waals surface area contributed by atoms with Crippen molar-refractivity contribution in [1.82, 2.24) is 10.2 Å². The molecule has 6 heteroatoms. The van der Waals surface area contributed by atoms with Gasteiger partial charge in [0.25, 0.3) is 0 Å². The molecule has 1 N–H and O–H groups in total. The lowest BCUT2D eigenvalue weighted by Crippen LogP contribution is -2.42. The number of carbonyl (C=O) groups excluding carboxylic acids is 3. The number of hydrogen-bond donors (Lipinski definition) is 1. The van der Waals surface area contributed by atoms with E-state index in [9.17, 15) is 14.4 Å². The molecule has 0 saturated carbocycles. The molecule has 0 aromatic heterocycles. The van der Waals surface area contributed by atoms with E-state index in [0.29, 0.717) is 26.1 Å². The maximum absolute atomic E-state index is 12.3. The normalized spacial score (nSPS) is 10.8. The Hall–Kier alpha value is -1.59. The lowest BCUT2D eigenvalue weighted by atomic mass is 9.94. The molecule has 0 bridgehead atoms. The van der Waals surface area contributed by atoms with Gasteiger partial charge in [0.1, 0.15) is 0 Å². The SMILES string of the molecule is COC(=O)CCN(CCCNC(C)=O)C(=O)C(C)(C)C. The number of ether oxygens (including phenoxy) is 1. The number of hydrogen-bond acceptors (Lipinski definition) is 4. The fourth-order valence-corrected chi connectivity index (χ4v) is 1.65. The molecule has 0 rings (SSSR count). The summed E-state index contributed by atoms with van der Waals surface area (Å²) in [7, 11) is 1.33. The van der Waals surface area contributed by atoms with Gasteiger partial charge in [0, 0.05) is 32.0 Å². The molecule has 0 saturated heterocycles. The van der Waals surface area contributed by atoms with Gasteiger partial charge in [0.15, 0.2) is 0 Å². The predicted molar refractivity (Wildman–Crippen MR) is 76.0 cm³/mol. The van der Waals surface area contributed by atoms with Crippen LogP contribution in [-0.4, -0.2) is 49.4 Å². The smallest absolute Gasteiger partial charge is 0.307 e. The van der Waals surface area contributed by atoms with Crippen LogP contribution in [0.2, 0.25) is 0 Å². The van der Waals surface area contributed by atoms with Crippen molar-refractivity contribution in [3.63, 3.8) is 0 Å². The monoisotopic (exact) mass is 286 g/mol. The van der Waals surface area contributed by atoms with Crippen molar-refractivity contribution in [2.45, 2.75) is 40.5 Å². The van der Waals surface area contributed by atoms with E-state index in [4.69, 9.17) is 0 Å². The van der Waals surface area contributed by atoms with E-state index in [1.54, 1.807) is 4.90 Å². The zero-order valence-corrected chi connectivity index (χ0v) is 13.1. The second kappa shape index (κ2) is 8.55. The molecule has 2 amide bonds. The Balaban J connectivity index is 4.43. The van der Waals surface area contributed by atoms with Crippen molar-refractivity contribution < 1.29 is 19.1 Å². The molecule has 0 atom stereocenters. The maximum Gasteiger partial charge on any atom is 0.307 e. The van der Waals surface area contributed by atoms with Gasteiger partial charge in [-0.2, -0.15) is 0 Å². The van der Waals surface area contributed by atoms with Crippen LogP contribution in [0.25, 0.3) is 0 Å². The molecule has 0 aliphatic rings. The first-order valence-corrected chi connectivity index (χ1v) is 6.79. The first kappa shape index (κ1) is 18.4. The fourth-order valence-electron chi connectivity index (χ4n) is 1.65. The van der Waals surface area contributed by atoms with E-state index in [2.05, 4.69) is 10.1 Å². The van der Waals surface area contributed by atoms with Crippen LogP contribution >= 0.6 is 0 Å². The van der Waals surface area contributed by atoms with Crippen LogP contribution in [0, 0.1) is 5.41 Å². The Kier molecular flexibility index (Phi) is 7.87. The second-order valence-electron chi connectivity index (χ2n) is 5.70. The van der Waals surface area contributed by atoms with Crippen LogP contribution in [0.1, 0.15) is 40.5 Å². The molecule has 20 heavy (non-hydrogen) atoms. The molecule has 0 aliphatic heterocycles. The summed E-state index contributed by atoms with van der Waals surface area (Å²) in [5.74, 6) is -0.434. The summed E-state index contributed by atoms with van der Waals surface area (Å²) in [6.45, 7) is 8.34.